The molecule has 0 N–H and O–H groups in total. The molecule has 0 bridgehead atoms. The van der Waals surface area contributed by atoms with Crippen LogP contribution in [0.3, 0.4) is 0 Å². The number of fused-ring (bicyclic) bond motifs is 3. The number of anilines is 6. The van der Waals surface area contributed by atoms with E-state index in [-0.39, 0.29) is 0 Å². The highest BCUT2D eigenvalue weighted by Crippen LogP contribution is 2.58. The summed E-state index contributed by atoms with van der Waals surface area (Å²) in [5.41, 5.74) is 24.6. The van der Waals surface area contributed by atoms with Crippen LogP contribution < -0.4 is 9.80 Å². The van der Waals surface area contributed by atoms with Crippen LogP contribution in [0.2, 0.25) is 0 Å². The fourth-order valence-corrected chi connectivity index (χ4v) is 12.9. The van der Waals surface area contributed by atoms with Crippen LogP contribution in [0.15, 0.2) is 136 Å². The van der Waals surface area contributed by atoms with Gasteiger partial charge in [-0.1, -0.05) is 195 Å². The Kier molecular flexibility index (Phi) is 18.7. The lowest BCUT2D eigenvalue weighted by Crippen LogP contribution is -2.28. The molecule has 0 fully saturated rings. The van der Waals surface area contributed by atoms with Gasteiger partial charge in [0.15, 0.2) is 0 Å². The average molecular weight is 1100 g/mol. The van der Waals surface area contributed by atoms with Crippen LogP contribution in [0.25, 0.3) is 11.1 Å². The van der Waals surface area contributed by atoms with E-state index in [0.29, 0.717) is 0 Å². The summed E-state index contributed by atoms with van der Waals surface area (Å²) < 4.78 is 2.17. The highest BCUT2D eigenvalue weighted by atomic mass is 79.9. The van der Waals surface area contributed by atoms with E-state index in [2.05, 4.69) is 231 Å². The van der Waals surface area contributed by atoms with Gasteiger partial charge in [-0.25, -0.2) is 0 Å². The summed E-state index contributed by atoms with van der Waals surface area (Å²) in [7, 11) is 0. The zero-order chi connectivity index (χ0) is 51.6. The number of unbranched alkanes of at least 4 members (excludes halogenated alkanes) is 11. The molecular weight excluding hydrogens is 1020 g/mol. The van der Waals surface area contributed by atoms with Crippen molar-refractivity contribution in [3.63, 3.8) is 0 Å². The van der Waals surface area contributed by atoms with E-state index in [9.17, 15) is 0 Å². The first-order chi connectivity index (χ1) is 35.4. The van der Waals surface area contributed by atoms with Crippen molar-refractivity contribution in [2.75, 3.05) is 9.80 Å². The molecule has 0 unspecified atom stereocenters. The summed E-state index contributed by atoms with van der Waals surface area (Å²) in [5, 5.41) is 0. The normalized spacial score (nSPS) is 12.5. The molecular formula is C69H82Br2N2. The number of rotatable bonds is 24. The molecule has 4 heteroatoms. The number of hydrogen-bond donors (Lipinski definition) is 0. The molecule has 2 nitrogen and oxygen atoms in total. The smallest absolute Gasteiger partial charge is 0.0520 e. The van der Waals surface area contributed by atoms with Gasteiger partial charge in [-0.3, -0.25) is 0 Å². The van der Waals surface area contributed by atoms with Gasteiger partial charge >= 0.3 is 0 Å². The zero-order valence-corrected chi connectivity index (χ0v) is 49.0. The number of benzene rings is 7. The van der Waals surface area contributed by atoms with E-state index < -0.39 is 5.41 Å². The van der Waals surface area contributed by atoms with Crippen LogP contribution in [0, 0.1) is 41.5 Å². The van der Waals surface area contributed by atoms with E-state index >= 15 is 0 Å². The standard InChI is InChI=1S/C69H82Br2N2/c1-10-13-16-19-20-23-38-69(56-44-54(24-21-17-14-11-2)43-55(45-56)25-22-18-15-12-3)65-46-61(72(59-30-26-57(70)27-31-59)67-50(6)39-48(4)40-51(67)7)34-36-63(65)64-37-35-62(47-66(64)69)73(60-32-28-58(71)29-33-60)68-52(8)41-49(5)42-53(68)9/h26-37,39-47H,10-25,38H2,1-9H3. The Morgan fingerprint density at radius 2 is 0.726 bits per heavy atom. The highest BCUT2D eigenvalue weighted by Gasteiger charge is 2.45. The molecule has 1 aliphatic carbocycles. The molecule has 382 valence electrons. The number of nitrogens with zero attached hydrogens (tertiary/aromatic N) is 2. The molecule has 8 rings (SSSR count). The van der Waals surface area contributed by atoms with Crippen molar-refractivity contribution >= 4 is 66.0 Å². The second kappa shape index (κ2) is 25.1. The minimum Gasteiger partial charge on any atom is -0.310 e. The summed E-state index contributed by atoms with van der Waals surface area (Å²) in [6.45, 7) is 20.6. The van der Waals surface area contributed by atoms with Crippen LogP contribution in [0.4, 0.5) is 34.1 Å². The van der Waals surface area contributed by atoms with Crippen LogP contribution in [0.5, 0.6) is 0 Å². The van der Waals surface area contributed by atoms with Gasteiger partial charge in [0.05, 0.1) is 11.4 Å². The Hall–Kier alpha value is -4.90. The lowest BCUT2D eigenvalue weighted by molar-refractivity contribution is 0.505. The largest absolute Gasteiger partial charge is 0.310 e. The van der Waals surface area contributed by atoms with E-state index in [1.165, 1.54) is 179 Å². The van der Waals surface area contributed by atoms with Crippen molar-refractivity contribution in [1.29, 1.82) is 0 Å². The highest BCUT2D eigenvalue weighted by molar-refractivity contribution is 9.10. The Labute approximate surface area is 458 Å². The van der Waals surface area contributed by atoms with Gasteiger partial charge in [0.25, 0.3) is 0 Å². The predicted molar refractivity (Wildman–Crippen MR) is 325 cm³/mol. The molecule has 0 radical (unpaired) electrons. The van der Waals surface area contributed by atoms with Gasteiger partial charge in [0, 0.05) is 37.1 Å². The molecule has 7 aromatic carbocycles. The van der Waals surface area contributed by atoms with Gasteiger partial charge in [-0.05, 0) is 208 Å². The SMILES string of the molecule is CCCCCCCCC1(c2cc(CCCCCC)cc(CCCCCC)c2)c2cc(N(c3ccc(Br)cc3)c3c(C)cc(C)cc3C)ccc2-c2ccc(N(c3ccc(Br)cc3)c3c(C)cc(C)cc3C)cc21. The Balaban J connectivity index is 1.44. The average Bonchev–Trinajstić information content (AvgIpc) is 3.64. The number of halogens is 2. The van der Waals surface area contributed by atoms with E-state index in [0.717, 1.165) is 46.0 Å². The first-order valence-electron chi connectivity index (χ1n) is 28.1. The van der Waals surface area contributed by atoms with Gasteiger partial charge in [-0.2, -0.15) is 0 Å². The van der Waals surface area contributed by atoms with E-state index in [1.807, 2.05) is 0 Å². The summed E-state index contributed by atoms with van der Waals surface area (Å²) in [6, 6.07) is 50.3. The predicted octanol–water partition coefficient (Wildman–Crippen LogP) is 22.3. The third kappa shape index (κ3) is 12.3. The molecule has 0 aromatic heterocycles. The Bertz CT molecular complexity index is 2730. The minimum atomic E-state index is -0.398. The second-order valence-electron chi connectivity index (χ2n) is 21.7. The van der Waals surface area contributed by atoms with Crippen molar-refractivity contribution < 1.29 is 0 Å². The number of aryl methyl sites for hydroxylation is 8. The van der Waals surface area contributed by atoms with Gasteiger partial charge in [-0.15, -0.1) is 0 Å². The van der Waals surface area contributed by atoms with Gasteiger partial charge in [0.2, 0.25) is 0 Å². The molecule has 0 saturated heterocycles. The fourth-order valence-electron chi connectivity index (χ4n) is 12.4. The van der Waals surface area contributed by atoms with Crippen molar-refractivity contribution in [3.8, 4) is 11.1 Å². The maximum absolute atomic E-state index is 3.78. The van der Waals surface area contributed by atoms with E-state index in [1.54, 1.807) is 0 Å². The Morgan fingerprint density at radius 3 is 1.12 bits per heavy atom. The molecule has 0 spiro atoms. The number of hydrogen-bond acceptors (Lipinski definition) is 2. The lowest BCUT2D eigenvalue weighted by atomic mass is 9.68. The van der Waals surface area contributed by atoms with Crippen molar-refractivity contribution in [2.45, 2.75) is 177 Å². The van der Waals surface area contributed by atoms with Crippen LogP contribution in [-0.4, -0.2) is 0 Å². The van der Waals surface area contributed by atoms with Crippen LogP contribution in [0.1, 0.15) is 178 Å². The topological polar surface area (TPSA) is 6.48 Å². The first-order valence-corrected chi connectivity index (χ1v) is 29.6. The fraction of sp³-hybridized carbons (Fsp3) is 0.391. The molecule has 7 aromatic rings. The third-order valence-electron chi connectivity index (χ3n) is 15.7. The lowest BCUT2D eigenvalue weighted by Gasteiger charge is -2.36. The molecule has 0 atom stereocenters. The van der Waals surface area contributed by atoms with Crippen molar-refractivity contribution in [1.82, 2.24) is 0 Å². The zero-order valence-electron chi connectivity index (χ0n) is 45.8. The maximum atomic E-state index is 3.78. The van der Waals surface area contributed by atoms with Crippen molar-refractivity contribution in [3.05, 3.63) is 198 Å². The first kappa shape index (κ1) is 54.4. The molecule has 73 heavy (non-hydrogen) atoms. The molecule has 0 heterocycles. The van der Waals surface area contributed by atoms with E-state index in [4.69, 9.17) is 0 Å². The van der Waals surface area contributed by atoms with Crippen LogP contribution >= 0.6 is 31.9 Å². The monoisotopic (exact) mass is 1100 g/mol. The quantitative estimate of drug-likeness (QED) is 0.0557. The van der Waals surface area contributed by atoms with Crippen molar-refractivity contribution in [2.24, 2.45) is 0 Å². The molecule has 1 aliphatic rings. The molecule has 0 aliphatic heterocycles. The van der Waals surface area contributed by atoms with Crippen LogP contribution in [-0.2, 0) is 18.3 Å². The second-order valence-corrected chi connectivity index (χ2v) is 23.5. The summed E-state index contributed by atoms with van der Waals surface area (Å²) >= 11 is 7.56. The summed E-state index contributed by atoms with van der Waals surface area (Å²) in [4.78, 5) is 5.09. The molecule has 0 amide bonds. The minimum absolute atomic E-state index is 0.398. The summed E-state index contributed by atoms with van der Waals surface area (Å²) in [5.74, 6) is 0. The van der Waals surface area contributed by atoms with Gasteiger partial charge < -0.3 is 9.80 Å². The van der Waals surface area contributed by atoms with Gasteiger partial charge in [0.1, 0.15) is 0 Å². The Morgan fingerprint density at radius 1 is 0.370 bits per heavy atom. The molecule has 0 saturated carbocycles. The maximum Gasteiger partial charge on any atom is 0.0520 e. The summed E-state index contributed by atoms with van der Waals surface area (Å²) in [6.07, 6.45) is 20.9. The third-order valence-corrected chi connectivity index (χ3v) is 16.8.